The molecule has 0 aromatic heterocycles. The van der Waals surface area contributed by atoms with Gasteiger partial charge in [0.25, 0.3) is 0 Å². The van der Waals surface area contributed by atoms with Gasteiger partial charge in [0, 0.05) is 11.1 Å². The molecule has 1 spiro atoms. The van der Waals surface area contributed by atoms with Crippen molar-refractivity contribution >= 4 is 11.8 Å². The molecule has 3 nitrogen and oxygen atoms in total. The summed E-state index contributed by atoms with van der Waals surface area (Å²) in [5.41, 5.74) is 22.2. The molecule has 7 rings (SSSR count). The van der Waals surface area contributed by atoms with E-state index >= 15 is 0 Å². The lowest BCUT2D eigenvalue weighted by atomic mass is 9.66. The van der Waals surface area contributed by atoms with Crippen LogP contribution in [0.25, 0.3) is 11.1 Å². The molecular weight excluding hydrogens is 472 g/mol. The van der Waals surface area contributed by atoms with Crippen LogP contribution in [0, 0.1) is 0 Å². The van der Waals surface area contributed by atoms with Crippen molar-refractivity contribution in [1.29, 1.82) is 0 Å². The molecule has 1 aliphatic carbocycles. The summed E-state index contributed by atoms with van der Waals surface area (Å²) in [6, 6.07) is 42.4. The highest BCUT2D eigenvalue weighted by molar-refractivity contribution is 7.99. The molecule has 5 aromatic rings. The molecule has 37 heavy (non-hydrogen) atoms. The van der Waals surface area contributed by atoms with Crippen LogP contribution in [0.1, 0.15) is 44.1 Å². The second-order valence-corrected chi connectivity index (χ2v) is 10.9. The van der Waals surface area contributed by atoms with Gasteiger partial charge < -0.3 is 16.2 Å². The van der Waals surface area contributed by atoms with Crippen LogP contribution < -0.4 is 16.2 Å². The van der Waals surface area contributed by atoms with Crippen molar-refractivity contribution in [2.75, 3.05) is 0 Å². The second-order valence-electron chi connectivity index (χ2n) is 9.58. The number of benzene rings is 5. The van der Waals surface area contributed by atoms with Crippen molar-refractivity contribution in [2.45, 2.75) is 16.2 Å². The van der Waals surface area contributed by atoms with E-state index in [1.54, 1.807) is 11.8 Å². The zero-order chi connectivity index (χ0) is 25.0. The van der Waals surface area contributed by atoms with Crippen LogP contribution in [0.3, 0.4) is 0 Å². The molecule has 2 aliphatic rings. The molecule has 0 bridgehead atoms. The Balaban J connectivity index is 1.42. The summed E-state index contributed by atoms with van der Waals surface area (Å²) in [7, 11) is 0. The van der Waals surface area contributed by atoms with Gasteiger partial charge >= 0.3 is 0 Å². The third-order valence-corrected chi connectivity index (χ3v) is 8.75. The van der Waals surface area contributed by atoms with Gasteiger partial charge in [0.05, 0.1) is 16.2 Å². The maximum atomic E-state index is 6.78. The Bertz CT molecular complexity index is 1590. The summed E-state index contributed by atoms with van der Waals surface area (Å²) in [5, 5.41) is -0.507. The number of hydrogen-bond donors (Lipinski definition) is 2. The lowest BCUT2D eigenvalue weighted by molar-refractivity contribution is 0.436. The van der Waals surface area contributed by atoms with Crippen molar-refractivity contribution in [1.82, 2.24) is 0 Å². The summed E-state index contributed by atoms with van der Waals surface area (Å²) in [4.78, 5) is 0. The third kappa shape index (κ3) is 3.30. The first-order valence-electron chi connectivity index (χ1n) is 12.5. The summed E-state index contributed by atoms with van der Waals surface area (Å²) in [5.74, 6) is 1.75. The maximum Gasteiger partial charge on any atom is 0.132 e. The minimum Gasteiger partial charge on any atom is -0.457 e. The molecule has 0 saturated carbocycles. The molecule has 5 aromatic carbocycles. The van der Waals surface area contributed by atoms with Gasteiger partial charge in [-0.05, 0) is 51.6 Å². The van der Waals surface area contributed by atoms with Crippen LogP contribution in [-0.4, -0.2) is 0 Å². The minimum absolute atomic E-state index is 0.217. The van der Waals surface area contributed by atoms with Gasteiger partial charge in [-0.3, -0.25) is 0 Å². The average Bonchev–Trinajstić information content (AvgIpc) is 3.25. The fourth-order valence-electron chi connectivity index (χ4n) is 6.01. The largest absolute Gasteiger partial charge is 0.457 e. The van der Waals surface area contributed by atoms with E-state index in [1.807, 2.05) is 36.4 Å². The Hall–Kier alpha value is -3.83. The molecule has 4 N–H and O–H groups in total. The topological polar surface area (TPSA) is 61.3 Å². The van der Waals surface area contributed by atoms with Crippen LogP contribution in [0.4, 0.5) is 0 Å². The van der Waals surface area contributed by atoms with Crippen molar-refractivity contribution in [3.05, 3.63) is 155 Å². The summed E-state index contributed by atoms with van der Waals surface area (Å²) in [6.45, 7) is 0. The smallest absolute Gasteiger partial charge is 0.132 e. The van der Waals surface area contributed by atoms with E-state index in [9.17, 15) is 0 Å². The second kappa shape index (κ2) is 8.63. The van der Waals surface area contributed by atoms with E-state index < -0.39 is 5.41 Å². The lowest BCUT2D eigenvalue weighted by Crippen LogP contribution is -2.32. The zero-order valence-corrected chi connectivity index (χ0v) is 21.0. The van der Waals surface area contributed by atoms with Crippen LogP contribution in [-0.2, 0) is 5.41 Å². The van der Waals surface area contributed by atoms with Gasteiger partial charge in [-0.25, -0.2) is 0 Å². The van der Waals surface area contributed by atoms with E-state index in [4.69, 9.17) is 16.2 Å². The van der Waals surface area contributed by atoms with Gasteiger partial charge in [-0.15, -0.1) is 11.8 Å². The number of ether oxygens (including phenoxy) is 1. The van der Waals surface area contributed by atoms with Gasteiger partial charge in [0.2, 0.25) is 0 Å². The van der Waals surface area contributed by atoms with Crippen molar-refractivity contribution < 1.29 is 4.74 Å². The van der Waals surface area contributed by atoms with Gasteiger partial charge in [-0.1, -0.05) is 103 Å². The highest BCUT2D eigenvalue weighted by atomic mass is 32.2. The van der Waals surface area contributed by atoms with Crippen LogP contribution in [0.15, 0.2) is 121 Å². The first-order chi connectivity index (χ1) is 18.2. The summed E-state index contributed by atoms with van der Waals surface area (Å²) >= 11 is 1.56. The Morgan fingerprint density at radius 2 is 1.05 bits per heavy atom. The summed E-state index contributed by atoms with van der Waals surface area (Å²) < 4.78 is 6.51. The predicted molar refractivity (Wildman–Crippen MR) is 152 cm³/mol. The quantitative estimate of drug-likeness (QED) is 0.247. The van der Waals surface area contributed by atoms with Crippen LogP contribution in [0.2, 0.25) is 0 Å². The number of nitrogens with two attached hydrogens (primary N) is 2. The van der Waals surface area contributed by atoms with Crippen LogP contribution in [0.5, 0.6) is 11.5 Å². The fraction of sp³-hybridized carbons (Fsp3) is 0.0909. The SMILES string of the molecule is NC(SC(N)c1ccc2c(c1)C1(c3ccccc3O2)c2ccccc2-c2ccccc21)c1ccccc1. The maximum absolute atomic E-state index is 6.78. The Kier molecular flexibility index (Phi) is 5.22. The number of hydrogen-bond acceptors (Lipinski definition) is 4. The van der Waals surface area contributed by atoms with E-state index in [-0.39, 0.29) is 10.7 Å². The molecule has 0 fully saturated rings. The average molecular weight is 499 g/mol. The summed E-state index contributed by atoms with van der Waals surface area (Å²) in [6.07, 6.45) is 0. The Morgan fingerprint density at radius 3 is 1.76 bits per heavy atom. The predicted octanol–water partition coefficient (Wildman–Crippen LogP) is 7.50. The molecule has 180 valence electrons. The standard InChI is InChI=1S/C33H26N2OS/c34-31(21-10-2-1-3-11-21)37-32(35)22-18-19-30-28(20-22)33(27-16-8-9-17-29(27)36-30)25-14-6-4-12-23(25)24-13-5-7-15-26(24)33/h1-20,31-32H,34-35H2. The van der Waals surface area contributed by atoms with Crippen molar-refractivity contribution in [3.63, 3.8) is 0 Å². The number of thioether (sulfide) groups is 1. The Labute approximate surface area is 221 Å². The molecule has 0 saturated heterocycles. The lowest BCUT2D eigenvalue weighted by Gasteiger charge is -2.39. The highest BCUT2D eigenvalue weighted by Crippen LogP contribution is 2.62. The van der Waals surface area contributed by atoms with Crippen LogP contribution >= 0.6 is 11.8 Å². The highest BCUT2D eigenvalue weighted by Gasteiger charge is 2.51. The molecule has 0 radical (unpaired) electrons. The van der Waals surface area contributed by atoms with Crippen molar-refractivity contribution in [3.8, 4) is 22.6 Å². The normalized spacial score (nSPS) is 15.6. The number of para-hydroxylation sites is 1. The fourth-order valence-corrected chi connectivity index (χ4v) is 6.94. The van der Waals surface area contributed by atoms with Crippen molar-refractivity contribution in [2.24, 2.45) is 11.5 Å². The minimum atomic E-state index is -0.487. The molecular formula is C33H26N2OS. The van der Waals surface area contributed by atoms with Gasteiger partial charge in [0.1, 0.15) is 11.5 Å². The monoisotopic (exact) mass is 498 g/mol. The first-order valence-corrected chi connectivity index (χ1v) is 13.4. The molecule has 1 aliphatic heterocycles. The Morgan fingerprint density at radius 1 is 0.514 bits per heavy atom. The molecule has 0 amide bonds. The van der Waals surface area contributed by atoms with Gasteiger partial charge in [0.15, 0.2) is 0 Å². The zero-order valence-electron chi connectivity index (χ0n) is 20.2. The number of rotatable bonds is 4. The molecule has 2 atom stereocenters. The van der Waals surface area contributed by atoms with E-state index in [2.05, 4.69) is 84.9 Å². The first kappa shape index (κ1) is 22.4. The van der Waals surface area contributed by atoms with E-state index in [0.29, 0.717) is 0 Å². The van der Waals surface area contributed by atoms with Gasteiger partial charge in [-0.2, -0.15) is 0 Å². The molecule has 4 heteroatoms. The number of fused-ring (bicyclic) bond motifs is 9. The molecule has 1 heterocycles. The third-order valence-electron chi connectivity index (χ3n) is 7.62. The molecule has 2 unspecified atom stereocenters. The van der Waals surface area contributed by atoms with E-state index in [1.165, 1.54) is 22.3 Å². The van der Waals surface area contributed by atoms with E-state index in [0.717, 1.165) is 33.8 Å².